The van der Waals surface area contributed by atoms with Crippen molar-refractivity contribution >= 4 is 16.6 Å². The van der Waals surface area contributed by atoms with Crippen molar-refractivity contribution in [1.82, 2.24) is 4.98 Å². The molecule has 0 atom stereocenters. The quantitative estimate of drug-likeness (QED) is 0.778. The fraction of sp³-hybridized carbons (Fsp3) is 0.118. The molecule has 3 nitrogen and oxygen atoms in total. The van der Waals surface area contributed by atoms with E-state index in [0.717, 1.165) is 10.9 Å². The third kappa shape index (κ3) is 2.72. The van der Waals surface area contributed by atoms with Crippen LogP contribution in [0.15, 0.2) is 60.8 Å². The molecule has 0 aliphatic rings. The van der Waals surface area contributed by atoms with E-state index in [4.69, 9.17) is 7.48 Å². The Labute approximate surface area is 121 Å². The number of nitrogens with zero attached hydrogens (tertiary/aromatic N) is 1. The summed E-state index contributed by atoms with van der Waals surface area (Å²) in [6.45, 7) is -1.68. The highest BCUT2D eigenvalue weighted by atomic mass is 16.5. The van der Waals surface area contributed by atoms with Crippen molar-refractivity contribution in [1.29, 1.82) is 0 Å². The van der Waals surface area contributed by atoms with Crippen molar-refractivity contribution in [2.45, 2.75) is 6.50 Å². The molecule has 0 spiro atoms. The Morgan fingerprint density at radius 3 is 2.80 bits per heavy atom. The van der Waals surface area contributed by atoms with E-state index < -0.39 is 6.50 Å². The first-order chi connectivity index (χ1) is 10.6. The molecule has 3 heteroatoms. The van der Waals surface area contributed by atoms with Crippen LogP contribution in [0.4, 0.5) is 5.69 Å². The van der Waals surface area contributed by atoms with Crippen molar-refractivity contribution in [3.05, 3.63) is 66.4 Å². The first-order valence-corrected chi connectivity index (χ1v) is 6.36. The summed E-state index contributed by atoms with van der Waals surface area (Å²) < 4.78 is 21.6. The third-order valence-electron chi connectivity index (χ3n) is 3.04. The second-order valence-electron chi connectivity index (χ2n) is 4.39. The standard InChI is InChI=1S/C17H16N2O/c1-20-16-7-4-13(5-8-16)12-19-15-6-9-17-14(11-15)3-2-10-18-17/h2-11,19H,12H2,1H3/i12D2. The number of methoxy groups -OCH3 is 1. The van der Waals surface area contributed by atoms with Gasteiger partial charge in [-0.05, 0) is 42.0 Å². The highest BCUT2D eigenvalue weighted by Crippen LogP contribution is 2.18. The van der Waals surface area contributed by atoms with E-state index in [9.17, 15) is 0 Å². The van der Waals surface area contributed by atoms with E-state index in [1.807, 2.05) is 30.3 Å². The maximum absolute atomic E-state index is 8.24. The molecule has 100 valence electrons. The zero-order valence-electron chi connectivity index (χ0n) is 13.1. The molecule has 0 bridgehead atoms. The van der Waals surface area contributed by atoms with Crippen molar-refractivity contribution < 1.29 is 7.48 Å². The number of pyridine rings is 1. The average molecular weight is 266 g/mol. The molecule has 0 fully saturated rings. The van der Waals surface area contributed by atoms with Crippen LogP contribution in [0.5, 0.6) is 5.75 Å². The molecule has 1 N–H and O–H groups in total. The van der Waals surface area contributed by atoms with Gasteiger partial charge in [0.2, 0.25) is 0 Å². The SMILES string of the molecule is [2H]C([2H])(Nc1ccc2ncccc2c1)c1ccc(OC)cc1. The van der Waals surface area contributed by atoms with Gasteiger partial charge in [-0.25, -0.2) is 0 Å². The van der Waals surface area contributed by atoms with Crippen LogP contribution >= 0.6 is 0 Å². The van der Waals surface area contributed by atoms with Gasteiger partial charge in [-0.15, -0.1) is 0 Å². The molecule has 3 aromatic rings. The van der Waals surface area contributed by atoms with Gasteiger partial charge in [-0.1, -0.05) is 18.2 Å². The highest BCUT2D eigenvalue weighted by molar-refractivity contribution is 5.82. The number of benzene rings is 2. The molecule has 20 heavy (non-hydrogen) atoms. The van der Waals surface area contributed by atoms with Crippen LogP contribution < -0.4 is 10.1 Å². The summed E-state index contributed by atoms with van der Waals surface area (Å²) in [5, 5.41) is 3.90. The van der Waals surface area contributed by atoms with Gasteiger partial charge in [-0.2, -0.15) is 0 Å². The number of nitrogens with one attached hydrogen (secondary N) is 1. The summed E-state index contributed by atoms with van der Waals surface area (Å²) in [7, 11) is 1.59. The molecule has 0 unspecified atom stereocenters. The van der Waals surface area contributed by atoms with Crippen LogP contribution in [0.3, 0.4) is 0 Å². The monoisotopic (exact) mass is 266 g/mol. The van der Waals surface area contributed by atoms with Crippen LogP contribution in [0, 0.1) is 0 Å². The number of ether oxygens (including phenoxy) is 1. The van der Waals surface area contributed by atoms with Crippen molar-refractivity contribution in [2.75, 3.05) is 12.4 Å². The van der Waals surface area contributed by atoms with Crippen LogP contribution in [0.25, 0.3) is 10.9 Å². The Kier molecular flexibility index (Phi) is 2.88. The Bertz CT molecular complexity index is 788. The zero-order chi connectivity index (χ0) is 15.6. The normalized spacial score (nSPS) is 12.7. The summed E-state index contributed by atoms with van der Waals surface area (Å²) in [6.07, 6.45) is 1.74. The molecular formula is C17H16N2O. The van der Waals surface area contributed by atoms with Crippen LogP contribution in [-0.4, -0.2) is 12.1 Å². The zero-order valence-corrected chi connectivity index (χ0v) is 11.1. The van der Waals surface area contributed by atoms with E-state index in [1.165, 1.54) is 0 Å². The summed E-state index contributed by atoms with van der Waals surface area (Å²) in [4.78, 5) is 4.26. The summed E-state index contributed by atoms with van der Waals surface area (Å²) in [5.41, 5.74) is 2.14. The molecule has 0 amide bonds. The molecule has 0 radical (unpaired) electrons. The molecule has 1 heterocycles. The molecule has 3 rings (SSSR count). The third-order valence-corrected chi connectivity index (χ3v) is 3.04. The lowest BCUT2D eigenvalue weighted by Crippen LogP contribution is -1.99. The molecule has 0 aliphatic heterocycles. The van der Waals surface area contributed by atoms with E-state index in [0.29, 0.717) is 17.0 Å². The maximum atomic E-state index is 8.24. The van der Waals surface area contributed by atoms with Gasteiger partial charge in [0.25, 0.3) is 0 Å². The minimum atomic E-state index is -1.68. The molecule has 1 aromatic heterocycles. The first kappa shape index (κ1) is 10.3. The van der Waals surface area contributed by atoms with Crippen LogP contribution in [0.1, 0.15) is 8.30 Å². The predicted molar refractivity (Wildman–Crippen MR) is 82.1 cm³/mol. The lowest BCUT2D eigenvalue weighted by atomic mass is 10.2. The predicted octanol–water partition coefficient (Wildman–Crippen LogP) is 3.86. The second kappa shape index (κ2) is 5.61. The van der Waals surface area contributed by atoms with Crippen LogP contribution in [0.2, 0.25) is 0 Å². The number of anilines is 1. The minimum absolute atomic E-state index is 0.541. The van der Waals surface area contributed by atoms with Gasteiger partial charge in [0.05, 0.1) is 15.4 Å². The van der Waals surface area contributed by atoms with E-state index in [-0.39, 0.29) is 0 Å². The Morgan fingerprint density at radius 1 is 1.15 bits per heavy atom. The van der Waals surface area contributed by atoms with Gasteiger partial charge in [-0.3, -0.25) is 4.98 Å². The Balaban J connectivity index is 1.87. The summed E-state index contributed by atoms with van der Waals surface area (Å²) >= 11 is 0. The van der Waals surface area contributed by atoms with Crippen molar-refractivity contribution in [2.24, 2.45) is 0 Å². The number of rotatable bonds is 4. The van der Waals surface area contributed by atoms with Gasteiger partial charge < -0.3 is 10.1 Å². The lowest BCUT2D eigenvalue weighted by Gasteiger charge is -2.08. The summed E-state index contributed by atoms with van der Waals surface area (Å²) in [5.74, 6) is 0.705. The maximum Gasteiger partial charge on any atom is 0.118 e. The minimum Gasteiger partial charge on any atom is -0.497 e. The van der Waals surface area contributed by atoms with E-state index >= 15 is 0 Å². The van der Waals surface area contributed by atoms with E-state index in [2.05, 4.69) is 10.3 Å². The lowest BCUT2D eigenvalue weighted by molar-refractivity contribution is 0.414. The first-order valence-electron chi connectivity index (χ1n) is 7.36. The molecule has 0 saturated heterocycles. The topological polar surface area (TPSA) is 34.2 Å². The number of hydrogen-bond acceptors (Lipinski definition) is 3. The highest BCUT2D eigenvalue weighted by Gasteiger charge is 1.98. The fourth-order valence-corrected chi connectivity index (χ4v) is 1.97. The molecule has 2 aromatic carbocycles. The van der Waals surface area contributed by atoms with Crippen molar-refractivity contribution in [3.8, 4) is 5.75 Å². The second-order valence-corrected chi connectivity index (χ2v) is 4.39. The van der Waals surface area contributed by atoms with Gasteiger partial charge >= 0.3 is 0 Å². The largest absolute Gasteiger partial charge is 0.497 e. The average Bonchev–Trinajstić information content (AvgIpc) is 2.54. The van der Waals surface area contributed by atoms with Crippen molar-refractivity contribution in [3.63, 3.8) is 0 Å². The smallest absolute Gasteiger partial charge is 0.118 e. The Hall–Kier alpha value is -2.55. The Morgan fingerprint density at radius 2 is 2.00 bits per heavy atom. The molecular weight excluding hydrogens is 248 g/mol. The fourth-order valence-electron chi connectivity index (χ4n) is 1.97. The van der Waals surface area contributed by atoms with Gasteiger partial charge in [0, 0.05) is 23.8 Å². The van der Waals surface area contributed by atoms with E-state index in [1.54, 1.807) is 37.6 Å². The molecule has 0 aliphatic carbocycles. The van der Waals surface area contributed by atoms with Crippen LogP contribution in [-0.2, 0) is 6.50 Å². The number of fused-ring (bicyclic) bond motifs is 1. The number of hydrogen-bond donors (Lipinski definition) is 1. The van der Waals surface area contributed by atoms with Gasteiger partial charge in [0.15, 0.2) is 0 Å². The summed E-state index contributed by atoms with van der Waals surface area (Å²) in [6, 6.07) is 16.4. The number of aromatic nitrogens is 1. The molecule has 0 saturated carbocycles. The van der Waals surface area contributed by atoms with Gasteiger partial charge in [0.1, 0.15) is 5.75 Å².